The molecule has 1 aliphatic heterocycles. The number of fused-ring (bicyclic) bond motifs is 2. The third-order valence-electron chi connectivity index (χ3n) is 8.11. The molecule has 2 aromatic carbocycles. The minimum absolute atomic E-state index is 0.0347. The Morgan fingerprint density at radius 1 is 1.26 bits per heavy atom. The lowest BCUT2D eigenvalue weighted by Crippen LogP contribution is -2.55. The van der Waals surface area contributed by atoms with Crippen LogP contribution in [-0.4, -0.2) is 56.6 Å². The number of carbonyl (C=O) groups is 1. The number of amides is 1. The van der Waals surface area contributed by atoms with Gasteiger partial charge in [-0.3, -0.25) is 4.79 Å². The molecule has 4 atom stereocenters. The van der Waals surface area contributed by atoms with Crippen LogP contribution in [0.4, 0.5) is 0 Å². The largest absolute Gasteiger partial charge is 0.390 e. The molecule has 2 heterocycles. The van der Waals surface area contributed by atoms with Crippen LogP contribution in [0.5, 0.6) is 0 Å². The topological polar surface area (TPSA) is 83.3 Å². The molecule has 2 saturated carbocycles. The van der Waals surface area contributed by atoms with Gasteiger partial charge in [-0.15, -0.1) is 5.10 Å². The SMILES string of the molecule is C[C@H](c1ccc2c(c1)CN(C)CC21CC1)n1cc(C(=O)N[C@@H]2C[C@H](c3cccc(Cl)c3)[C@H]2O)nn1. The Bertz CT molecular complexity index is 1290. The molecule has 7 nitrogen and oxygen atoms in total. The van der Waals surface area contributed by atoms with E-state index in [0.29, 0.717) is 16.9 Å². The maximum Gasteiger partial charge on any atom is 0.273 e. The number of aliphatic hydroxyl groups excluding tert-OH is 1. The number of rotatable bonds is 5. The first kappa shape index (κ1) is 22.7. The van der Waals surface area contributed by atoms with Crippen LogP contribution in [0.3, 0.4) is 0 Å². The molecule has 1 spiro atoms. The standard InChI is InChI=1S/C27H30ClN5O2/c1-16(17-6-7-22-19(10-17)13-32(2)15-27(22)8-9-27)33-14-24(30-31-33)26(35)29-23-12-21(25(23)34)18-4-3-5-20(28)11-18/h3-7,10-11,14,16,21,23,25,34H,8-9,12-13,15H2,1-2H3,(H,29,35)/t16-,21-,23-,25-/m1/s1. The van der Waals surface area contributed by atoms with E-state index in [2.05, 4.69) is 52.7 Å². The van der Waals surface area contributed by atoms with Gasteiger partial charge in [0.2, 0.25) is 0 Å². The number of hydrogen-bond acceptors (Lipinski definition) is 5. The number of hydrogen-bond donors (Lipinski definition) is 2. The second kappa shape index (κ2) is 8.43. The van der Waals surface area contributed by atoms with Crippen molar-refractivity contribution in [3.63, 3.8) is 0 Å². The average molecular weight is 492 g/mol. The second-order valence-corrected chi connectivity index (χ2v) is 11.0. The van der Waals surface area contributed by atoms with Gasteiger partial charge in [-0.05, 0) is 67.6 Å². The van der Waals surface area contributed by atoms with Crippen molar-refractivity contribution >= 4 is 17.5 Å². The molecule has 182 valence electrons. The predicted molar refractivity (Wildman–Crippen MR) is 134 cm³/mol. The van der Waals surface area contributed by atoms with Crippen LogP contribution in [0.2, 0.25) is 5.02 Å². The summed E-state index contributed by atoms with van der Waals surface area (Å²) in [5, 5.41) is 22.5. The van der Waals surface area contributed by atoms with E-state index in [9.17, 15) is 9.90 Å². The van der Waals surface area contributed by atoms with Crippen LogP contribution in [0.25, 0.3) is 0 Å². The molecule has 0 radical (unpaired) electrons. The fourth-order valence-electron chi connectivity index (χ4n) is 5.87. The van der Waals surface area contributed by atoms with Crippen molar-refractivity contribution in [2.24, 2.45) is 0 Å². The van der Waals surface area contributed by atoms with Crippen LogP contribution in [0.15, 0.2) is 48.7 Å². The summed E-state index contributed by atoms with van der Waals surface area (Å²) in [7, 11) is 2.19. The van der Waals surface area contributed by atoms with Gasteiger partial charge in [0, 0.05) is 29.4 Å². The number of carbonyl (C=O) groups excluding carboxylic acids is 1. The minimum atomic E-state index is -0.658. The maximum absolute atomic E-state index is 12.8. The van der Waals surface area contributed by atoms with E-state index in [-0.39, 0.29) is 29.6 Å². The summed E-state index contributed by atoms with van der Waals surface area (Å²) >= 11 is 6.08. The van der Waals surface area contributed by atoms with Crippen LogP contribution >= 0.6 is 11.6 Å². The molecule has 6 rings (SSSR count). The summed E-state index contributed by atoms with van der Waals surface area (Å²) in [5.41, 5.74) is 5.65. The van der Waals surface area contributed by atoms with Gasteiger partial charge >= 0.3 is 0 Å². The normalized spacial score (nSPS) is 25.5. The quantitative estimate of drug-likeness (QED) is 0.569. The molecule has 0 saturated heterocycles. The Balaban J connectivity index is 1.12. The highest BCUT2D eigenvalue weighted by Gasteiger charge is 2.48. The van der Waals surface area contributed by atoms with Gasteiger partial charge in [0.05, 0.1) is 24.4 Å². The van der Waals surface area contributed by atoms with Crippen LogP contribution in [0.1, 0.15) is 70.9 Å². The van der Waals surface area contributed by atoms with Crippen molar-refractivity contribution < 1.29 is 9.90 Å². The molecule has 0 bridgehead atoms. The number of nitrogens with zero attached hydrogens (tertiary/aromatic N) is 4. The highest BCUT2D eigenvalue weighted by Crippen LogP contribution is 2.52. The minimum Gasteiger partial charge on any atom is -0.390 e. The van der Waals surface area contributed by atoms with Crippen LogP contribution in [-0.2, 0) is 12.0 Å². The number of halogens is 1. The van der Waals surface area contributed by atoms with Crippen LogP contribution < -0.4 is 5.32 Å². The highest BCUT2D eigenvalue weighted by atomic mass is 35.5. The molecule has 2 aliphatic carbocycles. The molecule has 35 heavy (non-hydrogen) atoms. The lowest BCUT2D eigenvalue weighted by atomic mass is 9.73. The van der Waals surface area contributed by atoms with Gasteiger partial charge in [0.1, 0.15) is 0 Å². The number of benzene rings is 2. The zero-order valence-electron chi connectivity index (χ0n) is 20.0. The van der Waals surface area contributed by atoms with E-state index in [1.165, 1.54) is 24.0 Å². The van der Waals surface area contributed by atoms with Gasteiger partial charge in [0.25, 0.3) is 5.91 Å². The fraction of sp³-hybridized carbons (Fsp3) is 0.444. The van der Waals surface area contributed by atoms with Crippen molar-refractivity contribution in [1.82, 2.24) is 25.2 Å². The van der Waals surface area contributed by atoms with Crippen molar-refractivity contribution in [1.29, 1.82) is 0 Å². The number of aromatic nitrogens is 3. The third-order valence-corrected chi connectivity index (χ3v) is 8.35. The van der Waals surface area contributed by atoms with Gasteiger partial charge < -0.3 is 15.3 Å². The van der Waals surface area contributed by atoms with Gasteiger partial charge in [-0.25, -0.2) is 4.68 Å². The Hall–Kier alpha value is -2.74. The first-order valence-electron chi connectivity index (χ1n) is 12.3. The van der Waals surface area contributed by atoms with E-state index in [1.54, 1.807) is 10.9 Å². The molecule has 0 unspecified atom stereocenters. The van der Waals surface area contributed by atoms with E-state index >= 15 is 0 Å². The third kappa shape index (κ3) is 4.05. The summed E-state index contributed by atoms with van der Waals surface area (Å²) in [6.45, 7) is 4.18. The Morgan fingerprint density at radius 2 is 2.09 bits per heavy atom. The Labute approximate surface area is 210 Å². The zero-order valence-corrected chi connectivity index (χ0v) is 20.7. The molecule has 3 aromatic rings. The predicted octanol–water partition coefficient (Wildman–Crippen LogP) is 3.66. The first-order valence-corrected chi connectivity index (χ1v) is 12.7. The van der Waals surface area contributed by atoms with Gasteiger partial charge in [-0.1, -0.05) is 47.1 Å². The van der Waals surface area contributed by atoms with E-state index < -0.39 is 6.10 Å². The first-order chi connectivity index (χ1) is 16.8. The van der Waals surface area contributed by atoms with Crippen LogP contribution in [0, 0.1) is 0 Å². The molecule has 1 amide bonds. The van der Waals surface area contributed by atoms with Gasteiger partial charge in [-0.2, -0.15) is 0 Å². The number of aliphatic hydroxyl groups is 1. The maximum atomic E-state index is 12.8. The lowest BCUT2D eigenvalue weighted by molar-refractivity contribution is 0.0224. The average Bonchev–Trinajstić information content (AvgIpc) is 3.41. The molecule has 2 fully saturated rings. The summed E-state index contributed by atoms with van der Waals surface area (Å²) in [6.07, 6.45) is 4.23. The summed E-state index contributed by atoms with van der Waals surface area (Å²) in [4.78, 5) is 15.2. The Morgan fingerprint density at radius 3 is 2.83 bits per heavy atom. The van der Waals surface area contributed by atoms with Crippen molar-refractivity contribution in [2.45, 2.75) is 62.3 Å². The molecular formula is C27H30ClN5O2. The number of nitrogens with one attached hydrogen (secondary N) is 1. The van der Waals surface area contributed by atoms with E-state index in [4.69, 9.17) is 11.6 Å². The van der Waals surface area contributed by atoms with E-state index in [0.717, 1.165) is 24.2 Å². The van der Waals surface area contributed by atoms with Crippen molar-refractivity contribution in [2.75, 3.05) is 13.6 Å². The van der Waals surface area contributed by atoms with Crippen molar-refractivity contribution in [3.8, 4) is 0 Å². The summed E-state index contributed by atoms with van der Waals surface area (Å²) < 4.78 is 1.74. The smallest absolute Gasteiger partial charge is 0.273 e. The van der Waals surface area contributed by atoms with Crippen molar-refractivity contribution in [3.05, 3.63) is 81.6 Å². The second-order valence-electron chi connectivity index (χ2n) is 10.6. The lowest BCUT2D eigenvalue weighted by Gasteiger charge is -2.41. The zero-order chi connectivity index (χ0) is 24.3. The number of likely N-dealkylation sites (N-methyl/N-ethyl adjacent to an activating group) is 1. The monoisotopic (exact) mass is 491 g/mol. The van der Waals surface area contributed by atoms with E-state index in [1.807, 2.05) is 24.3 Å². The fourth-order valence-corrected chi connectivity index (χ4v) is 6.06. The van der Waals surface area contributed by atoms with Gasteiger partial charge in [0.15, 0.2) is 5.69 Å². The molecule has 1 aromatic heterocycles. The summed E-state index contributed by atoms with van der Waals surface area (Å²) in [5.74, 6) is -0.354. The molecule has 8 heteroatoms. The Kier molecular flexibility index (Phi) is 5.47. The molecule has 2 N–H and O–H groups in total. The summed E-state index contributed by atoms with van der Waals surface area (Å²) in [6, 6.07) is 13.9. The molecule has 3 aliphatic rings. The highest BCUT2D eigenvalue weighted by molar-refractivity contribution is 6.30. The molecular weight excluding hydrogens is 462 g/mol.